The van der Waals surface area contributed by atoms with E-state index in [1.165, 1.54) is 6.92 Å². The summed E-state index contributed by atoms with van der Waals surface area (Å²) in [5, 5.41) is 17.6. The van der Waals surface area contributed by atoms with Gasteiger partial charge >= 0.3 is 6.18 Å². The zero-order valence-corrected chi connectivity index (χ0v) is 23.2. The number of halogens is 3. The first kappa shape index (κ1) is 27.6. The molecule has 2 aliphatic heterocycles. The maximum Gasteiger partial charge on any atom is 0.416 e. The normalized spacial score (nSPS) is 19.9. The van der Waals surface area contributed by atoms with E-state index < -0.39 is 17.6 Å². The predicted molar refractivity (Wildman–Crippen MR) is 148 cm³/mol. The van der Waals surface area contributed by atoms with Crippen LogP contribution in [0.1, 0.15) is 45.6 Å². The summed E-state index contributed by atoms with van der Waals surface area (Å²) in [4.78, 5) is 17.4. The first-order valence-electron chi connectivity index (χ1n) is 13.2. The van der Waals surface area contributed by atoms with E-state index in [1.807, 2.05) is 49.4 Å². The minimum Gasteiger partial charge on any atom is -0.369 e. The van der Waals surface area contributed by atoms with Crippen LogP contribution in [0.3, 0.4) is 0 Å². The van der Waals surface area contributed by atoms with Crippen molar-refractivity contribution < 1.29 is 18.0 Å². The molecule has 1 aromatic heterocycles. The van der Waals surface area contributed by atoms with Crippen molar-refractivity contribution >= 4 is 23.5 Å². The number of aryl methyl sites for hydroxylation is 1. The molecule has 40 heavy (non-hydrogen) atoms. The third-order valence-electron chi connectivity index (χ3n) is 7.88. The summed E-state index contributed by atoms with van der Waals surface area (Å²) in [5.74, 6) is -0.616. The first-order chi connectivity index (χ1) is 18.9. The van der Waals surface area contributed by atoms with Crippen LogP contribution in [0.15, 0.2) is 41.6 Å². The molecule has 1 N–H and O–H groups in total. The number of hydrogen-bond donors (Lipinski definition) is 1. The van der Waals surface area contributed by atoms with Crippen LogP contribution in [0.4, 0.5) is 24.5 Å². The Morgan fingerprint density at radius 2 is 1.75 bits per heavy atom. The van der Waals surface area contributed by atoms with Crippen molar-refractivity contribution in [2.45, 2.75) is 38.9 Å². The number of piperazine rings is 1. The molecule has 5 rings (SSSR count). The highest BCUT2D eigenvalue weighted by Crippen LogP contribution is 2.37. The maximum absolute atomic E-state index is 14.0. The van der Waals surface area contributed by atoms with Gasteiger partial charge in [-0.1, -0.05) is 11.3 Å². The zero-order chi connectivity index (χ0) is 28.8. The molecule has 1 fully saturated rings. The Bertz CT molecular complexity index is 1440. The Balaban J connectivity index is 1.42. The van der Waals surface area contributed by atoms with Gasteiger partial charge in [0.25, 0.3) is 5.91 Å². The molecule has 2 aliphatic rings. The number of anilines is 2. The number of amides is 1. The lowest BCUT2D eigenvalue weighted by molar-refractivity contribution is -0.138. The van der Waals surface area contributed by atoms with Gasteiger partial charge in [0, 0.05) is 56.4 Å². The Labute approximate surface area is 231 Å². The molecule has 12 heteroatoms. The molecule has 3 heterocycles. The topological polar surface area (TPSA) is 81.9 Å². The number of hydrazone groups is 1. The first-order valence-corrected chi connectivity index (χ1v) is 13.2. The van der Waals surface area contributed by atoms with Crippen molar-refractivity contribution in [1.82, 2.24) is 24.9 Å². The molecule has 0 spiro atoms. The summed E-state index contributed by atoms with van der Waals surface area (Å²) < 4.78 is 43.6. The van der Waals surface area contributed by atoms with Crippen LogP contribution >= 0.6 is 0 Å². The van der Waals surface area contributed by atoms with Gasteiger partial charge in [-0.15, -0.1) is 5.10 Å². The van der Waals surface area contributed by atoms with Gasteiger partial charge in [-0.05, 0) is 63.2 Å². The van der Waals surface area contributed by atoms with Crippen LogP contribution in [0.25, 0.3) is 5.69 Å². The van der Waals surface area contributed by atoms with Crippen LogP contribution in [-0.4, -0.2) is 83.3 Å². The van der Waals surface area contributed by atoms with E-state index in [1.54, 1.807) is 22.9 Å². The molecule has 3 aromatic rings. The fourth-order valence-electron chi connectivity index (χ4n) is 5.15. The summed E-state index contributed by atoms with van der Waals surface area (Å²) in [6.07, 6.45) is -0.909. The van der Waals surface area contributed by atoms with Crippen molar-refractivity contribution in [2.24, 2.45) is 5.10 Å². The lowest BCUT2D eigenvalue weighted by Crippen LogP contribution is -2.45. The van der Waals surface area contributed by atoms with Crippen LogP contribution in [0, 0.1) is 13.8 Å². The lowest BCUT2D eigenvalue weighted by atomic mass is 10.00. The van der Waals surface area contributed by atoms with Crippen LogP contribution < -0.4 is 10.2 Å². The number of alkyl halides is 3. The Kier molecular flexibility index (Phi) is 7.30. The number of carbonyl (C=O) groups excluding carboxylic acids is 1. The van der Waals surface area contributed by atoms with E-state index in [0.717, 1.165) is 30.4 Å². The molecule has 1 amide bonds. The number of nitrogens with zero attached hydrogens (tertiary/aromatic N) is 7. The predicted octanol–water partition coefficient (Wildman–Crippen LogP) is 4.31. The average molecular weight is 555 g/mol. The second-order valence-electron chi connectivity index (χ2n) is 10.6. The summed E-state index contributed by atoms with van der Waals surface area (Å²) in [5.41, 5.74) is 2.51. The summed E-state index contributed by atoms with van der Waals surface area (Å²) >= 11 is 0. The molecular weight excluding hydrogens is 521 g/mol. The Hall–Kier alpha value is -3.93. The number of hydrogen-bond acceptors (Lipinski definition) is 7. The van der Waals surface area contributed by atoms with E-state index in [9.17, 15) is 18.0 Å². The fourth-order valence-corrected chi connectivity index (χ4v) is 5.15. The molecule has 0 bridgehead atoms. The Morgan fingerprint density at radius 1 is 1.02 bits per heavy atom. The van der Waals surface area contributed by atoms with Crippen LogP contribution in [0.2, 0.25) is 0 Å². The van der Waals surface area contributed by atoms with Gasteiger partial charge < -0.3 is 15.1 Å². The quantitative estimate of drug-likeness (QED) is 0.506. The van der Waals surface area contributed by atoms with Gasteiger partial charge in [0.2, 0.25) is 0 Å². The van der Waals surface area contributed by atoms with Gasteiger partial charge in [0.1, 0.15) is 0 Å². The van der Waals surface area contributed by atoms with Crippen molar-refractivity contribution in [2.75, 3.05) is 50.5 Å². The largest absolute Gasteiger partial charge is 0.416 e. The number of carbonyl (C=O) groups is 1. The number of likely N-dealkylation sites (N-methyl/N-ethyl adjacent to an activating group) is 2. The molecule has 212 valence electrons. The molecule has 2 unspecified atom stereocenters. The lowest BCUT2D eigenvalue weighted by Gasteiger charge is -2.35. The van der Waals surface area contributed by atoms with Gasteiger partial charge in [-0.3, -0.25) is 9.80 Å². The van der Waals surface area contributed by atoms with Crippen molar-refractivity contribution in [3.8, 4) is 5.69 Å². The number of benzene rings is 2. The Morgan fingerprint density at radius 3 is 2.40 bits per heavy atom. The minimum atomic E-state index is -4.58. The molecule has 0 aliphatic carbocycles. The fraction of sp³-hybridized carbons (Fsp3) is 0.429. The standard InChI is InChI=1S/C28H33F3N8O/c1-17-6-7-21(14-25(17)39-16-24(34-35-39)22-15-32-37(5)19(22)3)33-27(40)20-12-23(28(29,30)31)18(2)26(13-20)38-10-8-36(4)9-11-38/h6-7,12-16,19,22H,8-11H2,1-5H3,(H,33,40). The second-order valence-corrected chi connectivity index (χ2v) is 10.6. The monoisotopic (exact) mass is 554 g/mol. The third-order valence-corrected chi connectivity index (χ3v) is 7.88. The van der Waals surface area contributed by atoms with Crippen molar-refractivity contribution in [1.29, 1.82) is 0 Å². The van der Waals surface area contributed by atoms with Gasteiger partial charge in [-0.25, -0.2) is 4.68 Å². The van der Waals surface area contributed by atoms with E-state index in [2.05, 4.69) is 32.6 Å². The minimum absolute atomic E-state index is 0.000747. The molecule has 1 saturated heterocycles. The number of aromatic nitrogens is 3. The molecule has 0 saturated carbocycles. The van der Waals surface area contributed by atoms with E-state index in [4.69, 9.17) is 0 Å². The average Bonchev–Trinajstić information content (AvgIpc) is 3.51. The highest BCUT2D eigenvalue weighted by Gasteiger charge is 2.35. The number of rotatable bonds is 5. The summed E-state index contributed by atoms with van der Waals surface area (Å²) in [6, 6.07) is 7.92. The molecule has 0 radical (unpaired) electrons. The van der Waals surface area contributed by atoms with Crippen molar-refractivity contribution in [3.05, 3.63) is 64.5 Å². The van der Waals surface area contributed by atoms with Crippen molar-refractivity contribution in [3.63, 3.8) is 0 Å². The maximum atomic E-state index is 14.0. The summed E-state index contributed by atoms with van der Waals surface area (Å²) in [6.45, 7) is 8.07. The molecule has 2 aromatic carbocycles. The SMILES string of the molecule is Cc1ccc(NC(=O)c2cc(N3CCN(C)CC3)c(C)c(C(F)(F)F)c2)cc1-n1cc(C2C=NN(C)C2C)nn1. The molecule has 9 nitrogen and oxygen atoms in total. The van der Waals surface area contributed by atoms with E-state index >= 15 is 0 Å². The van der Waals surface area contributed by atoms with E-state index in [-0.39, 0.29) is 23.1 Å². The molecular formula is C28H33F3N8O. The second kappa shape index (κ2) is 10.6. The summed E-state index contributed by atoms with van der Waals surface area (Å²) in [7, 11) is 3.88. The van der Waals surface area contributed by atoms with Gasteiger partial charge in [-0.2, -0.15) is 18.3 Å². The highest BCUT2D eigenvalue weighted by atomic mass is 19.4. The highest BCUT2D eigenvalue weighted by molar-refractivity contribution is 6.05. The molecule has 2 atom stereocenters. The van der Waals surface area contributed by atoms with Crippen LogP contribution in [-0.2, 0) is 6.18 Å². The number of nitrogens with one attached hydrogen (secondary N) is 1. The van der Waals surface area contributed by atoms with Crippen LogP contribution in [0.5, 0.6) is 0 Å². The van der Waals surface area contributed by atoms with Gasteiger partial charge in [0.15, 0.2) is 0 Å². The third kappa shape index (κ3) is 5.40. The van der Waals surface area contributed by atoms with E-state index in [0.29, 0.717) is 30.2 Å². The zero-order valence-electron chi connectivity index (χ0n) is 23.2. The van der Waals surface area contributed by atoms with Gasteiger partial charge in [0.05, 0.1) is 35.1 Å². The smallest absolute Gasteiger partial charge is 0.369 e.